The molecular formula is C10H8ClF3O3. The second-order valence-corrected chi connectivity index (χ2v) is 3.44. The lowest BCUT2D eigenvalue weighted by atomic mass is 10.2. The molecule has 0 bridgehead atoms. The first-order valence-electron chi connectivity index (χ1n) is 4.41. The summed E-state index contributed by atoms with van der Waals surface area (Å²) >= 11 is 5.69. The molecule has 17 heavy (non-hydrogen) atoms. The van der Waals surface area contributed by atoms with Gasteiger partial charge in [-0.2, -0.15) is 13.2 Å². The second kappa shape index (κ2) is 5.27. The summed E-state index contributed by atoms with van der Waals surface area (Å²) in [6.45, 7) is -1.42. The van der Waals surface area contributed by atoms with Crippen LogP contribution in [0.25, 0.3) is 0 Å². The van der Waals surface area contributed by atoms with Gasteiger partial charge in [-0.15, -0.1) is 0 Å². The van der Waals surface area contributed by atoms with Crippen molar-refractivity contribution in [3.63, 3.8) is 0 Å². The first-order chi connectivity index (χ1) is 7.83. The van der Waals surface area contributed by atoms with Crippen LogP contribution in [0.3, 0.4) is 0 Å². The summed E-state index contributed by atoms with van der Waals surface area (Å²) in [7, 11) is 1.17. The van der Waals surface area contributed by atoms with Gasteiger partial charge in [0.25, 0.3) is 0 Å². The molecule has 3 nitrogen and oxygen atoms in total. The van der Waals surface area contributed by atoms with E-state index in [-0.39, 0.29) is 16.3 Å². The highest BCUT2D eigenvalue weighted by Crippen LogP contribution is 2.25. The molecule has 0 fully saturated rings. The van der Waals surface area contributed by atoms with Gasteiger partial charge in [-0.1, -0.05) is 11.6 Å². The second-order valence-electron chi connectivity index (χ2n) is 3.04. The first-order valence-corrected chi connectivity index (χ1v) is 4.78. The third-order valence-corrected chi connectivity index (χ3v) is 2.06. The number of methoxy groups -OCH3 is 1. The highest BCUT2D eigenvalue weighted by Gasteiger charge is 2.28. The van der Waals surface area contributed by atoms with Crippen molar-refractivity contribution in [3.8, 4) is 5.75 Å². The average molecular weight is 269 g/mol. The minimum atomic E-state index is -4.42. The summed E-state index contributed by atoms with van der Waals surface area (Å²) in [4.78, 5) is 11.1. The molecule has 0 aliphatic heterocycles. The van der Waals surface area contributed by atoms with Crippen LogP contribution >= 0.6 is 11.6 Å². The predicted octanol–water partition coefficient (Wildman–Crippen LogP) is 3.07. The lowest BCUT2D eigenvalue weighted by molar-refractivity contribution is -0.153. The molecule has 0 aliphatic carbocycles. The molecule has 1 aromatic carbocycles. The zero-order valence-corrected chi connectivity index (χ0v) is 9.43. The fourth-order valence-electron chi connectivity index (χ4n) is 1.03. The SMILES string of the molecule is COC(=O)c1ccc(OCC(F)(F)F)cc1Cl. The summed E-state index contributed by atoms with van der Waals surface area (Å²) < 4.78 is 44.5. The highest BCUT2D eigenvalue weighted by molar-refractivity contribution is 6.33. The zero-order valence-electron chi connectivity index (χ0n) is 8.68. The highest BCUT2D eigenvalue weighted by atomic mass is 35.5. The quantitative estimate of drug-likeness (QED) is 0.791. The van der Waals surface area contributed by atoms with Gasteiger partial charge in [0, 0.05) is 0 Å². The van der Waals surface area contributed by atoms with Crippen LogP contribution in [-0.4, -0.2) is 25.9 Å². The molecule has 0 saturated carbocycles. The van der Waals surface area contributed by atoms with Crippen molar-refractivity contribution in [2.45, 2.75) is 6.18 Å². The molecule has 0 N–H and O–H groups in total. The summed E-state index contributed by atoms with van der Waals surface area (Å²) in [5, 5.41) is -0.0310. The number of benzene rings is 1. The molecule has 0 aromatic heterocycles. The van der Waals surface area contributed by atoms with Gasteiger partial charge in [0.05, 0.1) is 17.7 Å². The standard InChI is InChI=1S/C10H8ClF3O3/c1-16-9(15)7-3-2-6(4-8(7)11)17-5-10(12,13)14/h2-4H,5H2,1H3. The van der Waals surface area contributed by atoms with E-state index in [9.17, 15) is 18.0 Å². The number of hydrogen-bond acceptors (Lipinski definition) is 3. The lowest BCUT2D eigenvalue weighted by Gasteiger charge is -2.10. The Bertz CT molecular complexity index is 418. The smallest absolute Gasteiger partial charge is 0.422 e. The molecule has 0 atom stereocenters. The Morgan fingerprint density at radius 1 is 1.41 bits per heavy atom. The number of carbonyl (C=O) groups is 1. The van der Waals surface area contributed by atoms with Gasteiger partial charge in [-0.05, 0) is 18.2 Å². The number of carbonyl (C=O) groups excluding carboxylic acids is 1. The molecule has 0 heterocycles. The van der Waals surface area contributed by atoms with Crippen molar-refractivity contribution in [3.05, 3.63) is 28.8 Å². The Kier molecular flexibility index (Phi) is 4.22. The summed E-state index contributed by atoms with van der Waals surface area (Å²) in [6, 6.07) is 3.57. The molecule has 0 spiro atoms. The minimum absolute atomic E-state index is 0.0310. The van der Waals surface area contributed by atoms with Crippen LogP contribution in [-0.2, 0) is 4.74 Å². The van der Waals surface area contributed by atoms with E-state index in [1.165, 1.54) is 19.2 Å². The van der Waals surface area contributed by atoms with Gasteiger partial charge < -0.3 is 9.47 Å². The Morgan fingerprint density at radius 2 is 2.06 bits per heavy atom. The van der Waals surface area contributed by atoms with Crippen LogP contribution in [0.4, 0.5) is 13.2 Å². The fraction of sp³-hybridized carbons (Fsp3) is 0.300. The monoisotopic (exact) mass is 268 g/mol. The maximum Gasteiger partial charge on any atom is 0.422 e. The van der Waals surface area contributed by atoms with E-state index in [1.807, 2.05) is 0 Å². The maximum atomic E-state index is 11.9. The van der Waals surface area contributed by atoms with Crippen LogP contribution in [0, 0.1) is 0 Å². The molecular weight excluding hydrogens is 261 g/mol. The molecule has 94 valence electrons. The molecule has 0 radical (unpaired) electrons. The minimum Gasteiger partial charge on any atom is -0.484 e. The van der Waals surface area contributed by atoms with E-state index in [0.29, 0.717) is 0 Å². The molecule has 7 heteroatoms. The molecule has 0 aliphatic rings. The molecule has 0 amide bonds. The summed E-state index contributed by atoms with van der Waals surface area (Å²) in [5.74, 6) is -0.739. The first kappa shape index (κ1) is 13.6. The van der Waals surface area contributed by atoms with Gasteiger partial charge in [-0.25, -0.2) is 4.79 Å². The Balaban J connectivity index is 2.79. The topological polar surface area (TPSA) is 35.5 Å². The summed E-state index contributed by atoms with van der Waals surface area (Å²) in [6.07, 6.45) is -4.42. The third kappa shape index (κ3) is 4.14. The molecule has 1 rings (SSSR count). The number of esters is 1. The zero-order chi connectivity index (χ0) is 13.1. The van der Waals surface area contributed by atoms with Gasteiger partial charge in [-0.3, -0.25) is 0 Å². The van der Waals surface area contributed by atoms with Crippen LogP contribution in [0.2, 0.25) is 5.02 Å². The average Bonchev–Trinajstić information content (AvgIpc) is 2.24. The number of halogens is 4. The van der Waals surface area contributed by atoms with Crippen molar-refractivity contribution in [2.75, 3.05) is 13.7 Å². The number of ether oxygens (including phenoxy) is 2. The Labute approximate surface area is 100 Å². The van der Waals surface area contributed by atoms with E-state index in [4.69, 9.17) is 11.6 Å². The van der Waals surface area contributed by atoms with Crippen LogP contribution in [0.1, 0.15) is 10.4 Å². The van der Waals surface area contributed by atoms with Crippen molar-refractivity contribution < 1.29 is 27.4 Å². The largest absolute Gasteiger partial charge is 0.484 e. The van der Waals surface area contributed by atoms with Gasteiger partial charge in [0.2, 0.25) is 0 Å². The predicted molar refractivity (Wildman–Crippen MR) is 54.3 cm³/mol. The van der Waals surface area contributed by atoms with E-state index in [0.717, 1.165) is 6.07 Å². The van der Waals surface area contributed by atoms with Crippen molar-refractivity contribution in [1.82, 2.24) is 0 Å². The van der Waals surface area contributed by atoms with Crippen molar-refractivity contribution >= 4 is 17.6 Å². The molecule has 0 unspecified atom stereocenters. The number of hydrogen-bond donors (Lipinski definition) is 0. The lowest BCUT2D eigenvalue weighted by Crippen LogP contribution is -2.19. The fourth-order valence-corrected chi connectivity index (χ4v) is 1.27. The van der Waals surface area contributed by atoms with Crippen LogP contribution in [0.5, 0.6) is 5.75 Å². The van der Waals surface area contributed by atoms with Crippen LogP contribution < -0.4 is 4.74 Å². The van der Waals surface area contributed by atoms with E-state index in [2.05, 4.69) is 9.47 Å². The van der Waals surface area contributed by atoms with E-state index >= 15 is 0 Å². The number of alkyl halides is 3. The Morgan fingerprint density at radius 3 is 2.53 bits per heavy atom. The van der Waals surface area contributed by atoms with E-state index in [1.54, 1.807) is 0 Å². The number of rotatable bonds is 3. The van der Waals surface area contributed by atoms with Crippen molar-refractivity contribution in [1.29, 1.82) is 0 Å². The van der Waals surface area contributed by atoms with Gasteiger partial charge in [0.15, 0.2) is 6.61 Å². The van der Waals surface area contributed by atoms with Crippen LogP contribution in [0.15, 0.2) is 18.2 Å². The molecule has 1 aromatic rings. The normalized spacial score (nSPS) is 11.1. The van der Waals surface area contributed by atoms with Gasteiger partial charge in [0.1, 0.15) is 5.75 Å². The Hall–Kier alpha value is -1.43. The van der Waals surface area contributed by atoms with Gasteiger partial charge >= 0.3 is 12.1 Å². The third-order valence-electron chi connectivity index (χ3n) is 1.75. The van der Waals surface area contributed by atoms with E-state index < -0.39 is 18.8 Å². The van der Waals surface area contributed by atoms with Crippen molar-refractivity contribution in [2.24, 2.45) is 0 Å². The summed E-state index contributed by atoms with van der Waals surface area (Å²) in [5.41, 5.74) is 0.0634. The maximum absolute atomic E-state index is 11.9. The molecule has 0 saturated heterocycles.